The van der Waals surface area contributed by atoms with Gasteiger partial charge in [0.25, 0.3) is 5.69 Å². The second-order valence-corrected chi connectivity index (χ2v) is 9.00. The van der Waals surface area contributed by atoms with Crippen LogP contribution in [0.15, 0.2) is 46.8 Å². The van der Waals surface area contributed by atoms with Crippen molar-refractivity contribution in [1.29, 1.82) is 0 Å². The number of nitrogens with one attached hydrogen (secondary N) is 2. The van der Waals surface area contributed by atoms with Crippen molar-refractivity contribution < 1.29 is 19.5 Å². The van der Waals surface area contributed by atoms with E-state index in [0.29, 0.717) is 29.9 Å². The maximum atomic E-state index is 13.2. The zero-order chi connectivity index (χ0) is 21.9. The van der Waals surface area contributed by atoms with Crippen molar-refractivity contribution in [2.24, 2.45) is 5.41 Å². The van der Waals surface area contributed by atoms with Crippen LogP contribution in [0.2, 0.25) is 0 Å². The largest absolute Gasteiger partial charge is 0.462 e. The van der Waals surface area contributed by atoms with Crippen LogP contribution in [0.1, 0.15) is 71.3 Å². The van der Waals surface area contributed by atoms with Crippen LogP contribution in [0.4, 0.5) is 5.69 Å². The average Bonchev–Trinajstić information content (AvgIpc) is 2.69. The number of allylic oxidation sites excluding steroid dienone is 3. The first-order valence-electron chi connectivity index (χ1n) is 10.7. The Kier molecular flexibility index (Phi) is 6.54. The summed E-state index contributed by atoms with van der Waals surface area (Å²) in [5.74, 6) is -0.839. The smallest absolute Gasteiger partial charge is 0.336 e. The number of rotatable bonds is 7. The molecule has 0 saturated carbocycles. The van der Waals surface area contributed by atoms with Crippen LogP contribution in [-0.2, 0) is 14.3 Å². The summed E-state index contributed by atoms with van der Waals surface area (Å²) in [5.41, 5.74) is 3.81. The molecule has 2 N–H and O–H groups in total. The highest BCUT2D eigenvalue weighted by Crippen LogP contribution is 2.46. The van der Waals surface area contributed by atoms with E-state index in [1.165, 1.54) is 0 Å². The molecule has 1 aliphatic carbocycles. The van der Waals surface area contributed by atoms with Crippen LogP contribution >= 0.6 is 0 Å². The van der Waals surface area contributed by atoms with Crippen LogP contribution in [-0.4, -0.2) is 18.4 Å². The summed E-state index contributed by atoms with van der Waals surface area (Å²) in [5, 5.41) is 5.21. The zero-order valence-corrected chi connectivity index (χ0v) is 18.3. The molecule has 0 aromatic heterocycles. The molecule has 6 heteroatoms. The van der Waals surface area contributed by atoms with Gasteiger partial charge in [-0.05, 0) is 30.7 Å². The van der Waals surface area contributed by atoms with E-state index in [9.17, 15) is 14.5 Å². The predicted octanol–water partition coefficient (Wildman–Crippen LogP) is 3.50. The fourth-order valence-corrected chi connectivity index (χ4v) is 4.38. The normalized spacial score (nSPS) is 20.5. The van der Waals surface area contributed by atoms with E-state index in [1.54, 1.807) is 24.3 Å². The molecular formula is C24H31N2O4+. The molecule has 0 bridgehead atoms. The maximum absolute atomic E-state index is 13.2. The number of unbranched alkanes of at least 4 members (excludes halogenated alkanes) is 2. The minimum atomic E-state index is -0.496. The van der Waals surface area contributed by atoms with Crippen molar-refractivity contribution in [3.05, 3.63) is 57.3 Å². The Morgan fingerprint density at radius 1 is 1.20 bits per heavy atom. The zero-order valence-electron chi connectivity index (χ0n) is 18.3. The minimum Gasteiger partial charge on any atom is -0.462 e. The highest BCUT2D eigenvalue weighted by atomic mass is 16.5. The molecule has 1 heterocycles. The summed E-state index contributed by atoms with van der Waals surface area (Å²) < 4.78 is 5.57. The summed E-state index contributed by atoms with van der Waals surface area (Å²) >= 11 is 0. The van der Waals surface area contributed by atoms with Gasteiger partial charge in [-0.15, -0.1) is 0 Å². The van der Waals surface area contributed by atoms with Gasteiger partial charge in [-0.1, -0.05) is 45.7 Å². The molecule has 0 spiro atoms. The molecular weight excluding hydrogens is 380 g/mol. The number of benzene rings is 1. The standard InChI is InChI=1S/C24H30N2O4/c1-5-6-7-12-30-23(28)20-15(2)25-18-13-24(3,4)14-19(27)22(18)21(20)16-8-10-17(26-29)11-9-16/h8-11,21,25H,5-7,12-14H2,1-4H3/p+1. The number of nitroso groups, excluding NO2 is 1. The van der Waals surface area contributed by atoms with E-state index >= 15 is 0 Å². The minimum absolute atomic E-state index is 0.0496. The molecule has 2 aliphatic rings. The number of hydrogen-bond acceptors (Lipinski definition) is 5. The third-order valence-corrected chi connectivity index (χ3v) is 5.80. The molecule has 0 radical (unpaired) electrons. The van der Waals surface area contributed by atoms with Crippen molar-refractivity contribution in [2.45, 2.75) is 65.7 Å². The summed E-state index contributed by atoms with van der Waals surface area (Å²) in [6.45, 7) is 8.48. The summed E-state index contributed by atoms with van der Waals surface area (Å²) in [6, 6.07) is 6.93. The van der Waals surface area contributed by atoms with Crippen LogP contribution < -0.4 is 10.5 Å². The Morgan fingerprint density at radius 3 is 2.53 bits per heavy atom. The molecule has 6 nitrogen and oxygen atoms in total. The first-order valence-corrected chi connectivity index (χ1v) is 10.7. The van der Waals surface area contributed by atoms with E-state index in [2.05, 4.69) is 26.1 Å². The third kappa shape index (κ3) is 4.53. The van der Waals surface area contributed by atoms with Gasteiger partial charge in [0, 0.05) is 51.5 Å². The molecule has 1 aromatic carbocycles. The van der Waals surface area contributed by atoms with Crippen LogP contribution in [0.3, 0.4) is 0 Å². The monoisotopic (exact) mass is 411 g/mol. The summed E-state index contributed by atoms with van der Waals surface area (Å²) in [4.78, 5) is 37.2. The lowest BCUT2D eigenvalue weighted by molar-refractivity contribution is -0.379. The van der Waals surface area contributed by atoms with Gasteiger partial charge < -0.3 is 10.1 Å². The van der Waals surface area contributed by atoms with E-state index in [1.807, 2.05) is 12.1 Å². The Labute approximate surface area is 177 Å². The lowest BCUT2D eigenvalue weighted by atomic mass is 9.68. The number of esters is 1. The van der Waals surface area contributed by atoms with E-state index in [4.69, 9.17) is 4.74 Å². The first kappa shape index (κ1) is 21.9. The molecule has 1 aliphatic heterocycles. The van der Waals surface area contributed by atoms with Gasteiger partial charge >= 0.3 is 5.97 Å². The van der Waals surface area contributed by atoms with Gasteiger partial charge in [0.2, 0.25) is 0 Å². The molecule has 1 aromatic rings. The summed E-state index contributed by atoms with van der Waals surface area (Å²) in [6.07, 6.45) is 4.03. The van der Waals surface area contributed by atoms with Gasteiger partial charge in [-0.2, -0.15) is 0 Å². The van der Waals surface area contributed by atoms with E-state index in [-0.39, 0.29) is 11.2 Å². The van der Waals surface area contributed by atoms with E-state index < -0.39 is 11.9 Å². The molecule has 160 valence electrons. The fourth-order valence-electron chi connectivity index (χ4n) is 4.38. The van der Waals surface area contributed by atoms with Gasteiger partial charge in [0.1, 0.15) is 0 Å². The van der Waals surface area contributed by atoms with E-state index in [0.717, 1.165) is 42.6 Å². The number of hydrogen-bond donors (Lipinski definition) is 2. The maximum Gasteiger partial charge on any atom is 0.336 e. The molecule has 0 fully saturated rings. The Morgan fingerprint density at radius 2 is 1.90 bits per heavy atom. The third-order valence-electron chi connectivity index (χ3n) is 5.80. The van der Waals surface area contributed by atoms with Gasteiger partial charge in [-0.25, -0.2) is 4.79 Å². The summed E-state index contributed by atoms with van der Waals surface area (Å²) in [7, 11) is 0. The van der Waals surface area contributed by atoms with Crippen molar-refractivity contribution >= 4 is 17.4 Å². The Balaban J connectivity index is 2.03. The van der Waals surface area contributed by atoms with Crippen LogP contribution in [0.25, 0.3) is 0 Å². The Bertz CT molecular complexity index is 910. The number of dihydropyridines is 1. The fraction of sp³-hybridized carbons (Fsp3) is 0.500. The Hall–Kier alpha value is -2.76. The number of ether oxygens (including phenoxy) is 1. The quantitative estimate of drug-likeness (QED) is 0.530. The lowest BCUT2D eigenvalue weighted by Gasteiger charge is -2.39. The second kappa shape index (κ2) is 8.94. The molecule has 3 rings (SSSR count). The molecule has 1 unspecified atom stereocenters. The predicted molar refractivity (Wildman–Crippen MR) is 115 cm³/mol. The topological polar surface area (TPSA) is 86.4 Å². The van der Waals surface area contributed by atoms with Crippen LogP contribution in [0.5, 0.6) is 0 Å². The second-order valence-electron chi connectivity index (χ2n) is 9.00. The average molecular weight is 412 g/mol. The van der Waals surface area contributed by atoms with Crippen molar-refractivity contribution in [3.8, 4) is 0 Å². The highest BCUT2D eigenvalue weighted by Gasteiger charge is 2.43. The number of carbonyl (C=O) groups is 2. The molecule has 1 atom stereocenters. The molecule has 0 saturated heterocycles. The van der Waals surface area contributed by atoms with Gasteiger partial charge in [-0.3, -0.25) is 4.79 Å². The number of ketones is 1. The highest BCUT2D eigenvalue weighted by molar-refractivity contribution is 6.04. The van der Waals surface area contributed by atoms with Gasteiger partial charge in [0.15, 0.2) is 5.78 Å². The SMILES string of the molecule is CCCCCOC(=O)C1=C(C)NC2=C(C(=O)CC(C)(C)C2)C1c1ccc([NH+]=O)cc1. The number of carbonyl (C=O) groups excluding carboxylic acids is 2. The van der Waals surface area contributed by atoms with Crippen molar-refractivity contribution in [1.82, 2.24) is 5.32 Å². The van der Waals surface area contributed by atoms with Crippen LogP contribution in [0, 0.1) is 10.3 Å². The van der Waals surface area contributed by atoms with Gasteiger partial charge in [0.05, 0.1) is 12.2 Å². The first-order chi connectivity index (χ1) is 14.3. The number of Topliss-reactive ketones (excluding diaryl/α,β-unsaturated/α-hetero) is 1. The van der Waals surface area contributed by atoms with Crippen molar-refractivity contribution in [3.63, 3.8) is 0 Å². The molecule has 0 amide bonds. The molecule has 30 heavy (non-hydrogen) atoms. The van der Waals surface area contributed by atoms with Crippen molar-refractivity contribution in [2.75, 3.05) is 6.61 Å². The lowest BCUT2D eigenvalue weighted by Crippen LogP contribution is -2.55.